The lowest BCUT2D eigenvalue weighted by atomic mass is 9.84. The van der Waals surface area contributed by atoms with Crippen molar-refractivity contribution < 1.29 is 45.5 Å². The molecule has 0 saturated heterocycles. The van der Waals surface area contributed by atoms with Gasteiger partial charge in [-0.25, -0.2) is 0 Å². The minimum Gasteiger partial charge on any atom is -0.455 e. The number of hydrogen-bond donors (Lipinski definition) is 0. The van der Waals surface area contributed by atoms with E-state index in [1.807, 2.05) is 0 Å². The summed E-state index contributed by atoms with van der Waals surface area (Å²) in [6, 6.07) is -31.1. The average molecular weight is 629 g/mol. The zero-order chi connectivity index (χ0) is 57.3. The van der Waals surface area contributed by atoms with Crippen LogP contribution in [0.15, 0.2) is 186 Å². The zero-order valence-electron chi connectivity index (χ0n) is 53.4. The first-order chi connectivity index (χ1) is 35.8. The molecule has 220 valence electrons. The number of furan rings is 1. The van der Waals surface area contributed by atoms with Gasteiger partial charge in [0.25, 0.3) is 0 Å². The van der Waals surface area contributed by atoms with Gasteiger partial charge in [0.15, 0.2) is 0 Å². The minimum atomic E-state index is -1.16. The fraction of sp³-hybridized carbons (Fsp3) is 0. The molecule has 1 heterocycles. The lowest BCUT2D eigenvalue weighted by Crippen LogP contribution is -1.92. The maximum absolute atomic E-state index is 9.75. The first-order valence-electron chi connectivity index (χ1n) is 28.7. The van der Waals surface area contributed by atoms with Crippen molar-refractivity contribution >= 4 is 32.5 Å². The van der Waals surface area contributed by atoms with Gasteiger partial charge in [0, 0.05) is 22.1 Å². The van der Waals surface area contributed by atoms with Crippen LogP contribution in [0, 0.1) is 0 Å². The molecule has 0 aliphatic carbocycles. The number of fused-ring (bicyclic) bond motifs is 3. The maximum Gasteiger partial charge on any atom is 0.143 e. The molecule has 0 N–H and O–H groups in total. The van der Waals surface area contributed by atoms with Gasteiger partial charge < -0.3 is 4.42 Å². The highest BCUT2D eigenvalue weighted by atomic mass is 16.3. The molecule has 0 saturated carbocycles. The molecule has 0 aliphatic heterocycles. The number of rotatable bonds is 5. The maximum atomic E-state index is 9.75. The van der Waals surface area contributed by atoms with Gasteiger partial charge in [0.1, 0.15) is 11.3 Å². The Balaban J connectivity index is 1.71. The summed E-state index contributed by atoms with van der Waals surface area (Å²) in [6.45, 7) is 0. The molecule has 0 unspecified atom stereocenters. The molecule has 47 heavy (non-hydrogen) atoms. The largest absolute Gasteiger partial charge is 0.455 e. The quantitative estimate of drug-likeness (QED) is 0.173. The van der Waals surface area contributed by atoms with Crippen LogP contribution in [0.25, 0.3) is 88.3 Å². The Morgan fingerprint density at radius 2 is 0.787 bits per heavy atom. The molecule has 0 aliphatic rings. The van der Waals surface area contributed by atoms with Crippen LogP contribution in [0.3, 0.4) is 0 Å². The second-order valence-electron chi connectivity index (χ2n) is 9.76. The third-order valence-corrected chi connectivity index (χ3v) is 7.25. The van der Waals surface area contributed by atoms with Crippen molar-refractivity contribution in [3.8, 4) is 55.8 Å². The van der Waals surface area contributed by atoms with Crippen molar-refractivity contribution in [1.29, 1.82) is 0 Å². The minimum absolute atomic E-state index is 0.775. The fourth-order valence-corrected chi connectivity index (χ4v) is 5.37. The standard InChI is InChI=1S/C46H30O/c1-4-16-31(17-5-1)34-28-29-41-42(30-34)47-46(40-27-15-10-22-35(40)32-18-6-2-7-19-32)45(41)44-38-25-13-11-23-36(38)43(33-20-8-3-9-21-33)37-24-12-14-26-39(37)44/h1-30H/i1D,2D,3D,4D,5D,6D,7D,8D,9D,10D,11D,12D,13D,14D,15D,16D,17D,18D,19D,20D,21D,22D,23D,24D,25D,26D,27D,28D,29D,30D. The van der Waals surface area contributed by atoms with E-state index in [2.05, 4.69) is 0 Å². The van der Waals surface area contributed by atoms with Crippen molar-refractivity contribution in [1.82, 2.24) is 0 Å². The second-order valence-corrected chi connectivity index (χ2v) is 9.76. The topological polar surface area (TPSA) is 13.1 Å². The van der Waals surface area contributed by atoms with Gasteiger partial charge in [-0.1, -0.05) is 169 Å². The molecule has 0 fully saturated rings. The summed E-state index contributed by atoms with van der Waals surface area (Å²) in [6.07, 6.45) is 0. The molecule has 0 amide bonds. The first kappa shape index (κ1) is 10.4. The van der Waals surface area contributed by atoms with Gasteiger partial charge in [-0.05, 0) is 67.0 Å². The highest BCUT2D eigenvalue weighted by Crippen LogP contribution is 2.51. The molecule has 1 nitrogen and oxygen atoms in total. The van der Waals surface area contributed by atoms with Crippen molar-refractivity contribution in [3.05, 3.63) is 181 Å². The van der Waals surface area contributed by atoms with Crippen LogP contribution in [0.5, 0.6) is 0 Å². The van der Waals surface area contributed by atoms with Crippen LogP contribution < -0.4 is 0 Å². The fourth-order valence-electron chi connectivity index (χ4n) is 5.37. The Labute approximate surface area is 316 Å². The van der Waals surface area contributed by atoms with Crippen molar-refractivity contribution in [2.24, 2.45) is 0 Å². The highest BCUT2D eigenvalue weighted by Gasteiger charge is 2.25. The van der Waals surface area contributed by atoms with Crippen molar-refractivity contribution in [2.75, 3.05) is 0 Å². The number of benzene rings is 8. The lowest BCUT2D eigenvalue weighted by Gasteiger charge is -2.18. The highest BCUT2D eigenvalue weighted by molar-refractivity contribution is 6.25. The van der Waals surface area contributed by atoms with Gasteiger partial charge in [0.05, 0.1) is 41.1 Å². The van der Waals surface area contributed by atoms with Crippen LogP contribution in [-0.2, 0) is 0 Å². The van der Waals surface area contributed by atoms with Gasteiger partial charge >= 0.3 is 0 Å². The first-order valence-corrected chi connectivity index (χ1v) is 13.7. The normalized spacial score (nSPS) is 20.3. The predicted molar refractivity (Wildman–Crippen MR) is 198 cm³/mol. The summed E-state index contributed by atoms with van der Waals surface area (Å²) in [7, 11) is 0. The van der Waals surface area contributed by atoms with Gasteiger partial charge in [0.2, 0.25) is 0 Å². The molecule has 9 aromatic rings. The molecule has 0 spiro atoms. The second kappa shape index (κ2) is 11.3. The van der Waals surface area contributed by atoms with E-state index in [1.54, 1.807) is 0 Å². The van der Waals surface area contributed by atoms with Gasteiger partial charge in [-0.15, -0.1) is 0 Å². The summed E-state index contributed by atoms with van der Waals surface area (Å²) in [5.41, 5.74) is -8.81. The van der Waals surface area contributed by atoms with E-state index in [0.717, 1.165) is 0 Å². The van der Waals surface area contributed by atoms with Crippen LogP contribution in [0.1, 0.15) is 41.1 Å². The smallest absolute Gasteiger partial charge is 0.143 e. The summed E-state index contributed by atoms with van der Waals surface area (Å²) >= 11 is 0. The third kappa shape index (κ3) is 4.56. The van der Waals surface area contributed by atoms with Gasteiger partial charge in [-0.3, -0.25) is 0 Å². The summed E-state index contributed by atoms with van der Waals surface area (Å²) in [4.78, 5) is 0. The van der Waals surface area contributed by atoms with E-state index in [1.165, 1.54) is 0 Å². The van der Waals surface area contributed by atoms with E-state index in [-0.39, 0.29) is 0 Å². The van der Waals surface area contributed by atoms with Crippen molar-refractivity contribution in [2.45, 2.75) is 0 Å². The van der Waals surface area contributed by atoms with Crippen LogP contribution in [0.2, 0.25) is 0 Å². The lowest BCUT2D eigenvalue weighted by molar-refractivity contribution is 0.633. The van der Waals surface area contributed by atoms with E-state index in [0.29, 0.717) is 0 Å². The Bertz CT molecular complexity index is 4100. The van der Waals surface area contributed by atoms with E-state index in [9.17, 15) is 12.3 Å². The molecule has 0 radical (unpaired) electrons. The Morgan fingerprint density at radius 3 is 1.38 bits per heavy atom. The molecule has 1 aromatic heterocycles. The molecule has 1 heteroatoms. The van der Waals surface area contributed by atoms with Gasteiger partial charge in [-0.2, -0.15) is 0 Å². The molecule has 9 rings (SSSR count). The van der Waals surface area contributed by atoms with E-state index in [4.69, 9.17) is 33.2 Å². The monoisotopic (exact) mass is 628 g/mol. The Kier molecular flexibility index (Phi) is 2.51. The van der Waals surface area contributed by atoms with Crippen LogP contribution in [-0.4, -0.2) is 0 Å². The number of hydrogen-bond acceptors (Lipinski definition) is 1. The van der Waals surface area contributed by atoms with Crippen molar-refractivity contribution in [3.63, 3.8) is 0 Å². The molecule has 8 aromatic carbocycles. The average Bonchev–Trinajstić information content (AvgIpc) is 3.97. The molecule has 0 atom stereocenters. The van der Waals surface area contributed by atoms with Crippen LogP contribution >= 0.6 is 0 Å². The summed E-state index contributed by atoms with van der Waals surface area (Å²) in [5.74, 6) is -1.05. The third-order valence-electron chi connectivity index (χ3n) is 7.25. The van der Waals surface area contributed by atoms with E-state index < -0.39 is 270 Å². The van der Waals surface area contributed by atoms with E-state index >= 15 is 0 Å². The van der Waals surface area contributed by atoms with Crippen LogP contribution in [0.4, 0.5) is 0 Å². The Hall–Kier alpha value is -6.18. The molecule has 0 bridgehead atoms. The predicted octanol–water partition coefficient (Wildman–Crippen LogP) is 13.1. The SMILES string of the molecule is [2H]c1c([2H])c([2H])c(-c2c([2H])c([2H])c([2H])c([2H])c2-c2oc3c([2H])c(-c4c([2H])c([2H])c([2H])c([2H])c4[2H])c([2H])c([2H])c3c2-c2c3c([2H])c([2H])c([2H])c([2H])c3c(-c3c([2H])c([2H])c([2H])c([2H])c3[2H])c3c([2H])c([2H])c([2H])c([2H])c23)c([2H])c1[2H]. The molecular weight excluding hydrogens is 569 g/mol. The Morgan fingerprint density at radius 1 is 0.319 bits per heavy atom. The summed E-state index contributed by atoms with van der Waals surface area (Å²) < 4.78 is 275. The zero-order valence-corrected chi connectivity index (χ0v) is 23.4. The summed E-state index contributed by atoms with van der Waals surface area (Å²) in [5, 5.41) is -4.18. The molecular formula is C46H30O.